The Balaban J connectivity index is 2.29. The van der Waals surface area contributed by atoms with Gasteiger partial charge in [-0.1, -0.05) is 6.08 Å². The molecule has 1 atom stereocenters. The van der Waals surface area contributed by atoms with E-state index in [0.29, 0.717) is 6.04 Å². The molecule has 1 aliphatic rings. The van der Waals surface area contributed by atoms with Crippen LogP contribution in [0.3, 0.4) is 0 Å². The Kier molecular flexibility index (Phi) is 5.91. The van der Waals surface area contributed by atoms with Gasteiger partial charge < -0.3 is 10.5 Å². The van der Waals surface area contributed by atoms with Gasteiger partial charge in [0.2, 0.25) is 0 Å². The van der Waals surface area contributed by atoms with E-state index in [1.807, 2.05) is 0 Å². The van der Waals surface area contributed by atoms with Crippen molar-refractivity contribution in [1.82, 2.24) is 4.90 Å². The van der Waals surface area contributed by atoms with Crippen molar-refractivity contribution < 1.29 is 4.74 Å². The number of hydrogen-bond donors (Lipinski definition) is 1. The smallest absolute Gasteiger partial charge is 0.0673 e. The summed E-state index contributed by atoms with van der Waals surface area (Å²) in [6.45, 7) is 6.14. The topological polar surface area (TPSA) is 38.5 Å². The van der Waals surface area contributed by atoms with Gasteiger partial charge in [0.25, 0.3) is 0 Å². The van der Waals surface area contributed by atoms with Gasteiger partial charge in [0.15, 0.2) is 0 Å². The van der Waals surface area contributed by atoms with Crippen LogP contribution in [0, 0.1) is 0 Å². The van der Waals surface area contributed by atoms with Gasteiger partial charge in [-0.3, -0.25) is 4.90 Å². The van der Waals surface area contributed by atoms with Crippen LogP contribution in [0.15, 0.2) is 11.6 Å². The lowest BCUT2D eigenvalue weighted by Crippen LogP contribution is -2.37. The molecular formula is C12H24N2O. The van der Waals surface area contributed by atoms with Crippen LogP contribution >= 0.6 is 0 Å². The van der Waals surface area contributed by atoms with Crippen molar-refractivity contribution in [2.24, 2.45) is 5.73 Å². The number of nitrogens with two attached hydrogens (primary N) is 1. The summed E-state index contributed by atoms with van der Waals surface area (Å²) < 4.78 is 5.14. The molecule has 1 unspecified atom stereocenters. The highest BCUT2D eigenvalue weighted by molar-refractivity contribution is 5.08. The van der Waals surface area contributed by atoms with E-state index in [1.54, 1.807) is 7.11 Å². The second-order valence-corrected chi connectivity index (χ2v) is 4.32. The molecule has 0 saturated heterocycles. The first-order valence-corrected chi connectivity index (χ1v) is 5.89. The third-order valence-corrected chi connectivity index (χ3v) is 3.11. The van der Waals surface area contributed by atoms with Gasteiger partial charge in [0.05, 0.1) is 6.61 Å². The lowest BCUT2D eigenvalue weighted by Gasteiger charge is -2.31. The van der Waals surface area contributed by atoms with E-state index in [-0.39, 0.29) is 0 Å². The second-order valence-electron chi connectivity index (χ2n) is 4.32. The van der Waals surface area contributed by atoms with Crippen LogP contribution in [0.1, 0.15) is 26.2 Å². The lowest BCUT2D eigenvalue weighted by molar-refractivity contribution is 0.189. The number of hydrogen-bond acceptors (Lipinski definition) is 3. The number of rotatable bonds is 6. The van der Waals surface area contributed by atoms with Gasteiger partial charge in [-0.2, -0.15) is 0 Å². The highest BCUT2D eigenvalue weighted by Crippen LogP contribution is 2.15. The van der Waals surface area contributed by atoms with Crippen molar-refractivity contribution in [3.8, 4) is 0 Å². The van der Waals surface area contributed by atoms with Crippen molar-refractivity contribution in [2.75, 3.05) is 33.4 Å². The lowest BCUT2D eigenvalue weighted by atomic mass is 10.1. The molecule has 1 heterocycles. The quantitative estimate of drug-likeness (QED) is 0.676. The predicted molar refractivity (Wildman–Crippen MR) is 63.9 cm³/mol. The summed E-state index contributed by atoms with van der Waals surface area (Å²) in [7, 11) is 1.76. The fourth-order valence-electron chi connectivity index (χ4n) is 2.04. The Morgan fingerprint density at radius 2 is 2.40 bits per heavy atom. The fourth-order valence-corrected chi connectivity index (χ4v) is 2.04. The number of methoxy groups -OCH3 is 1. The monoisotopic (exact) mass is 212 g/mol. The van der Waals surface area contributed by atoms with Gasteiger partial charge in [0, 0.05) is 26.2 Å². The minimum atomic E-state index is 0.661. The third-order valence-electron chi connectivity index (χ3n) is 3.11. The van der Waals surface area contributed by atoms with Crippen molar-refractivity contribution >= 4 is 0 Å². The molecule has 0 radical (unpaired) electrons. The van der Waals surface area contributed by atoms with E-state index in [9.17, 15) is 0 Å². The molecule has 0 spiro atoms. The average Bonchev–Trinajstić information content (AvgIpc) is 2.27. The molecule has 3 heteroatoms. The van der Waals surface area contributed by atoms with Gasteiger partial charge >= 0.3 is 0 Å². The number of nitrogens with zero attached hydrogens (tertiary/aromatic N) is 1. The summed E-state index contributed by atoms with van der Waals surface area (Å²) >= 11 is 0. The zero-order chi connectivity index (χ0) is 11.1. The first-order valence-electron chi connectivity index (χ1n) is 5.89. The molecular weight excluding hydrogens is 188 g/mol. The minimum Gasteiger partial charge on any atom is -0.380 e. The van der Waals surface area contributed by atoms with Crippen LogP contribution in [0.5, 0.6) is 0 Å². The van der Waals surface area contributed by atoms with E-state index in [1.165, 1.54) is 18.5 Å². The van der Waals surface area contributed by atoms with Crippen LogP contribution in [-0.4, -0.2) is 44.3 Å². The van der Waals surface area contributed by atoms with Gasteiger partial charge in [-0.25, -0.2) is 0 Å². The molecule has 0 bridgehead atoms. The SMILES string of the molecule is COCC1=CCN(C(C)CCCN)CC1. The third kappa shape index (κ3) is 4.33. The Morgan fingerprint density at radius 1 is 1.60 bits per heavy atom. The van der Waals surface area contributed by atoms with Crippen LogP contribution in [-0.2, 0) is 4.74 Å². The Bertz CT molecular complexity index is 204. The van der Waals surface area contributed by atoms with Crippen LogP contribution in [0.2, 0.25) is 0 Å². The first kappa shape index (κ1) is 12.7. The fraction of sp³-hybridized carbons (Fsp3) is 0.833. The first-order chi connectivity index (χ1) is 7.27. The molecule has 0 amide bonds. The maximum atomic E-state index is 5.52. The molecule has 3 nitrogen and oxygen atoms in total. The Hall–Kier alpha value is -0.380. The number of ether oxygens (including phenoxy) is 1. The average molecular weight is 212 g/mol. The van der Waals surface area contributed by atoms with E-state index in [2.05, 4.69) is 17.9 Å². The molecule has 2 N–H and O–H groups in total. The normalized spacial score (nSPS) is 20.1. The standard InChI is InChI=1S/C12H24N2O/c1-11(4-3-7-13)14-8-5-12(6-9-14)10-15-2/h5,11H,3-4,6-10,13H2,1-2H3. The molecule has 0 aliphatic carbocycles. The van der Waals surface area contributed by atoms with Gasteiger partial charge in [-0.15, -0.1) is 0 Å². The molecule has 0 aromatic heterocycles. The molecule has 0 fully saturated rings. The highest BCUT2D eigenvalue weighted by atomic mass is 16.5. The molecule has 15 heavy (non-hydrogen) atoms. The van der Waals surface area contributed by atoms with Crippen molar-refractivity contribution in [3.63, 3.8) is 0 Å². The molecule has 1 rings (SSSR count). The Labute approximate surface area is 93.3 Å². The van der Waals surface area contributed by atoms with Crippen molar-refractivity contribution in [3.05, 3.63) is 11.6 Å². The summed E-state index contributed by atoms with van der Waals surface area (Å²) in [5.41, 5.74) is 6.97. The summed E-state index contributed by atoms with van der Waals surface area (Å²) in [4.78, 5) is 2.52. The summed E-state index contributed by atoms with van der Waals surface area (Å²) in [6.07, 6.45) is 5.81. The maximum absolute atomic E-state index is 5.52. The van der Waals surface area contributed by atoms with Crippen LogP contribution in [0.25, 0.3) is 0 Å². The Morgan fingerprint density at radius 3 is 2.93 bits per heavy atom. The zero-order valence-corrected chi connectivity index (χ0v) is 10.0. The van der Waals surface area contributed by atoms with Gasteiger partial charge in [-0.05, 0) is 38.3 Å². The second kappa shape index (κ2) is 6.99. The molecule has 88 valence electrons. The molecule has 0 saturated carbocycles. The van der Waals surface area contributed by atoms with Crippen molar-refractivity contribution in [1.29, 1.82) is 0 Å². The minimum absolute atomic E-state index is 0.661. The summed E-state index contributed by atoms with van der Waals surface area (Å²) in [5.74, 6) is 0. The summed E-state index contributed by atoms with van der Waals surface area (Å²) in [6, 6.07) is 0.661. The maximum Gasteiger partial charge on any atom is 0.0673 e. The molecule has 1 aliphatic heterocycles. The highest BCUT2D eigenvalue weighted by Gasteiger charge is 2.16. The van der Waals surface area contributed by atoms with E-state index < -0.39 is 0 Å². The largest absolute Gasteiger partial charge is 0.380 e. The van der Waals surface area contributed by atoms with Gasteiger partial charge in [0.1, 0.15) is 0 Å². The van der Waals surface area contributed by atoms with E-state index in [4.69, 9.17) is 10.5 Å². The van der Waals surface area contributed by atoms with Crippen LogP contribution in [0.4, 0.5) is 0 Å². The molecule has 0 aromatic carbocycles. The predicted octanol–water partition coefficient (Wildman–Crippen LogP) is 1.39. The van der Waals surface area contributed by atoms with Crippen molar-refractivity contribution in [2.45, 2.75) is 32.2 Å². The van der Waals surface area contributed by atoms with Crippen LogP contribution < -0.4 is 5.73 Å². The summed E-state index contributed by atoms with van der Waals surface area (Å²) in [5, 5.41) is 0. The molecule has 0 aromatic rings. The zero-order valence-electron chi connectivity index (χ0n) is 10.0. The van der Waals surface area contributed by atoms with E-state index >= 15 is 0 Å². The van der Waals surface area contributed by atoms with E-state index in [0.717, 1.165) is 32.5 Å².